The van der Waals surface area contributed by atoms with E-state index in [2.05, 4.69) is 56.1 Å². The monoisotopic (exact) mass is 290 g/mol. The zero-order chi connectivity index (χ0) is 15.5. The molecule has 2 unspecified atom stereocenters. The number of piperazine rings is 1. The summed E-state index contributed by atoms with van der Waals surface area (Å²) in [7, 11) is 1.76. The third-order valence-corrected chi connectivity index (χ3v) is 4.62. The van der Waals surface area contributed by atoms with Gasteiger partial charge in [0.1, 0.15) is 5.75 Å². The molecule has 0 amide bonds. The summed E-state index contributed by atoms with van der Waals surface area (Å²) in [6.07, 6.45) is 1.18. The number of para-hydroxylation sites is 1. The molecule has 0 bridgehead atoms. The molecule has 0 saturated carbocycles. The fourth-order valence-corrected chi connectivity index (χ4v) is 3.08. The van der Waals surface area contributed by atoms with Crippen LogP contribution in [0.15, 0.2) is 24.3 Å². The van der Waals surface area contributed by atoms with E-state index in [1.807, 2.05) is 6.07 Å². The molecule has 1 aromatic carbocycles. The summed E-state index contributed by atoms with van der Waals surface area (Å²) in [5.74, 6) is 0.998. The van der Waals surface area contributed by atoms with Crippen LogP contribution in [0.4, 0.5) is 0 Å². The van der Waals surface area contributed by atoms with Gasteiger partial charge >= 0.3 is 0 Å². The molecule has 1 aromatic rings. The molecule has 1 heterocycles. The summed E-state index contributed by atoms with van der Waals surface area (Å²) < 4.78 is 5.51. The van der Waals surface area contributed by atoms with Gasteiger partial charge in [0.15, 0.2) is 0 Å². The lowest BCUT2D eigenvalue weighted by atomic mass is 9.84. The van der Waals surface area contributed by atoms with Crippen LogP contribution < -0.4 is 10.1 Å². The molecule has 0 aromatic heterocycles. The number of rotatable bonds is 4. The second-order valence-corrected chi connectivity index (χ2v) is 7.13. The molecule has 0 spiro atoms. The molecule has 2 atom stereocenters. The molecule has 1 aliphatic heterocycles. The number of methoxy groups -OCH3 is 1. The van der Waals surface area contributed by atoms with Crippen molar-refractivity contribution in [2.45, 2.75) is 52.7 Å². The molecular weight excluding hydrogens is 260 g/mol. The Balaban J connectivity index is 2.14. The first-order valence-corrected chi connectivity index (χ1v) is 8.05. The maximum absolute atomic E-state index is 5.51. The molecule has 2 rings (SSSR count). The minimum atomic E-state index is 0.289. The molecule has 3 nitrogen and oxygen atoms in total. The van der Waals surface area contributed by atoms with Crippen LogP contribution in [0.25, 0.3) is 0 Å². The highest BCUT2D eigenvalue weighted by Crippen LogP contribution is 2.27. The minimum Gasteiger partial charge on any atom is -0.496 e. The third kappa shape index (κ3) is 3.98. The standard InChI is InChI=1S/C18H30N2O/c1-6-15-11-19-17(18(2,3)4)13-20(15)12-14-9-7-8-10-16(14)21-5/h7-10,15,17,19H,6,11-13H2,1-5H3. The van der Waals surface area contributed by atoms with Gasteiger partial charge in [-0.3, -0.25) is 4.90 Å². The van der Waals surface area contributed by atoms with E-state index in [0.29, 0.717) is 12.1 Å². The normalized spacial score (nSPS) is 24.0. The molecule has 1 fully saturated rings. The van der Waals surface area contributed by atoms with E-state index in [1.165, 1.54) is 12.0 Å². The van der Waals surface area contributed by atoms with E-state index >= 15 is 0 Å². The topological polar surface area (TPSA) is 24.5 Å². The Labute approximate surface area is 129 Å². The van der Waals surface area contributed by atoms with Crippen molar-refractivity contribution in [3.05, 3.63) is 29.8 Å². The van der Waals surface area contributed by atoms with E-state index in [1.54, 1.807) is 7.11 Å². The average molecular weight is 290 g/mol. The van der Waals surface area contributed by atoms with Gasteiger partial charge in [-0.2, -0.15) is 0 Å². The Hall–Kier alpha value is -1.06. The van der Waals surface area contributed by atoms with Crippen LogP contribution >= 0.6 is 0 Å². The molecule has 0 radical (unpaired) electrons. The van der Waals surface area contributed by atoms with Crippen LogP contribution in [0, 0.1) is 5.41 Å². The highest BCUT2D eigenvalue weighted by molar-refractivity contribution is 5.33. The third-order valence-electron chi connectivity index (χ3n) is 4.62. The quantitative estimate of drug-likeness (QED) is 0.921. The fraction of sp³-hybridized carbons (Fsp3) is 0.667. The molecule has 1 saturated heterocycles. The summed E-state index contributed by atoms with van der Waals surface area (Å²) in [5.41, 5.74) is 1.57. The van der Waals surface area contributed by atoms with Crippen LogP contribution in [-0.4, -0.2) is 37.2 Å². The molecular formula is C18H30N2O. The number of benzene rings is 1. The van der Waals surface area contributed by atoms with Crippen molar-refractivity contribution >= 4 is 0 Å². The fourth-order valence-electron chi connectivity index (χ4n) is 3.08. The zero-order valence-electron chi connectivity index (χ0n) is 14.1. The molecule has 118 valence electrons. The van der Waals surface area contributed by atoms with E-state index in [4.69, 9.17) is 4.74 Å². The predicted octanol–water partition coefficient (Wildman–Crippen LogP) is 3.29. The highest BCUT2D eigenvalue weighted by atomic mass is 16.5. The molecule has 21 heavy (non-hydrogen) atoms. The van der Waals surface area contributed by atoms with Crippen LogP contribution in [-0.2, 0) is 6.54 Å². The largest absolute Gasteiger partial charge is 0.496 e. The lowest BCUT2D eigenvalue weighted by Crippen LogP contribution is -2.59. The molecule has 1 N–H and O–H groups in total. The zero-order valence-corrected chi connectivity index (χ0v) is 14.1. The van der Waals surface area contributed by atoms with E-state index < -0.39 is 0 Å². The Bertz CT molecular complexity index is 453. The van der Waals surface area contributed by atoms with Crippen molar-refractivity contribution in [2.24, 2.45) is 5.41 Å². The Kier molecular flexibility index (Phi) is 5.28. The minimum absolute atomic E-state index is 0.289. The second kappa shape index (κ2) is 6.80. The van der Waals surface area contributed by atoms with Crippen molar-refractivity contribution in [3.8, 4) is 5.75 Å². The summed E-state index contributed by atoms with van der Waals surface area (Å²) in [6, 6.07) is 9.51. The SMILES string of the molecule is CCC1CNC(C(C)(C)C)CN1Cc1ccccc1OC. The van der Waals surface area contributed by atoms with Crippen molar-refractivity contribution in [2.75, 3.05) is 20.2 Å². The predicted molar refractivity (Wildman–Crippen MR) is 88.7 cm³/mol. The maximum Gasteiger partial charge on any atom is 0.123 e. The van der Waals surface area contributed by atoms with E-state index in [9.17, 15) is 0 Å². The van der Waals surface area contributed by atoms with Gasteiger partial charge in [0.05, 0.1) is 7.11 Å². The Morgan fingerprint density at radius 1 is 1.29 bits per heavy atom. The first kappa shape index (κ1) is 16.3. The van der Waals surface area contributed by atoms with Gasteiger partial charge in [-0.15, -0.1) is 0 Å². The molecule has 1 aliphatic rings. The van der Waals surface area contributed by atoms with Gasteiger partial charge in [0.25, 0.3) is 0 Å². The van der Waals surface area contributed by atoms with Gasteiger partial charge in [0.2, 0.25) is 0 Å². The van der Waals surface area contributed by atoms with Gasteiger partial charge in [-0.1, -0.05) is 45.9 Å². The van der Waals surface area contributed by atoms with E-state index in [0.717, 1.165) is 25.4 Å². The Morgan fingerprint density at radius 3 is 2.62 bits per heavy atom. The van der Waals surface area contributed by atoms with Crippen molar-refractivity contribution in [1.82, 2.24) is 10.2 Å². The van der Waals surface area contributed by atoms with Crippen LogP contribution in [0.1, 0.15) is 39.7 Å². The first-order chi connectivity index (χ1) is 9.95. The molecule has 3 heteroatoms. The average Bonchev–Trinajstić information content (AvgIpc) is 2.47. The maximum atomic E-state index is 5.51. The van der Waals surface area contributed by atoms with Gasteiger partial charge in [0, 0.05) is 37.3 Å². The van der Waals surface area contributed by atoms with Gasteiger partial charge < -0.3 is 10.1 Å². The summed E-state index contributed by atoms with van der Waals surface area (Å²) in [6.45, 7) is 12.4. The van der Waals surface area contributed by atoms with Crippen molar-refractivity contribution in [3.63, 3.8) is 0 Å². The van der Waals surface area contributed by atoms with Crippen LogP contribution in [0.2, 0.25) is 0 Å². The number of nitrogens with zero attached hydrogens (tertiary/aromatic N) is 1. The summed E-state index contributed by atoms with van der Waals surface area (Å²) in [5, 5.41) is 3.73. The number of hydrogen-bond donors (Lipinski definition) is 1. The lowest BCUT2D eigenvalue weighted by molar-refractivity contribution is 0.0769. The summed E-state index contributed by atoms with van der Waals surface area (Å²) >= 11 is 0. The van der Waals surface area contributed by atoms with Crippen molar-refractivity contribution < 1.29 is 4.74 Å². The first-order valence-electron chi connectivity index (χ1n) is 8.05. The molecule has 0 aliphatic carbocycles. The highest BCUT2D eigenvalue weighted by Gasteiger charge is 2.33. The van der Waals surface area contributed by atoms with E-state index in [-0.39, 0.29) is 5.41 Å². The smallest absolute Gasteiger partial charge is 0.123 e. The lowest BCUT2D eigenvalue weighted by Gasteiger charge is -2.45. The second-order valence-electron chi connectivity index (χ2n) is 7.13. The number of ether oxygens (including phenoxy) is 1. The Morgan fingerprint density at radius 2 is 2.00 bits per heavy atom. The van der Waals surface area contributed by atoms with Crippen molar-refractivity contribution in [1.29, 1.82) is 0 Å². The van der Waals surface area contributed by atoms with Gasteiger partial charge in [-0.05, 0) is 17.9 Å². The summed E-state index contributed by atoms with van der Waals surface area (Å²) in [4.78, 5) is 2.62. The van der Waals surface area contributed by atoms with Crippen LogP contribution in [0.5, 0.6) is 5.75 Å². The number of nitrogens with one attached hydrogen (secondary N) is 1. The number of hydrogen-bond acceptors (Lipinski definition) is 3. The van der Waals surface area contributed by atoms with Crippen LogP contribution in [0.3, 0.4) is 0 Å². The van der Waals surface area contributed by atoms with Gasteiger partial charge in [-0.25, -0.2) is 0 Å².